The first-order chi connectivity index (χ1) is 13.0. The average molecular weight is 491 g/mol. The van der Waals surface area contributed by atoms with E-state index in [1.54, 1.807) is 0 Å². The van der Waals surface area contributed by atoms with Crippen molar-refractivity contribution in [3.05, 3.63) is 44.9 Å². The van der Waals surface area contributed by atoms with Crippen molar-refractivity contribution in [2.45, 2.75) is 39.2 Å². The van der Waals surface area contributed by atoms with Gasteiger partial charge >= 0.3 is 0 Å². The van der Waals surface area contributed by atoms with E-state index in [-0.39, 0.29) is 5.82 Å². The minimum Gasteiger partial charge on any atom is -0.343 e. The number of benzene rings is 1. The van der Waals surface area contributed by atoms with Crippen LogP contribution in [0.3, 0.4) is 0 Å². The molecule has 4 rings (SSSR count). The van der Waals surface area contributed by atoms with Crippen LogP contribution in [0, 0.1) is 26.7 Å². The summed E-state index contributed by atoms with van der Waals surface area (Å²) in [5, 5.41) is 10.1. The lowest BCUT2D eigenvalue weighted by atomic mass is 9.83. The Hall–Kier alpha value is -1.65. The maximum absolute atomic E-state index is 9.40. The highest BCUT2D eigenvalue weighted by Gasteiger charge is 2.22. The Morgan fingerprint density at radius 1 is 1.26 bits per heavy atom. The van der Waals surface area contributed by atoms with Crippen LogP contribution in [0.5, 0.6) is 0 Å². The number of halogens is 2. The van der Waals surface area contributed by atoms with E-state index >= 15 is 0 Å². The van der Waals surface area contributed by atoms with Crippen molar-refractivity contribution in [2.75, 3.05) is 0 Å². The van der Waals surface area contributed by atoms with Gasteiger partial charge in [0.25, 0.3) is 0 Å². The van der Waals surface area contributed by atoms with Gasteiger partial charge in [0.2, 0.25) is 5.82 Å². The van der Waals surface area contributed by atoms with Crippen LogP contribution in [0.1, 0.15) is 38.4 Å². The molecular formula is C21H20ClIN4. The van der Waals surface area contributed by atoms with Gasteiger partial charge < -0.3 is 4.57 Å². The molecule has 0 atom stereocenters. The van der Waals surface area contributed by atoms with E-state index in [4.69, 9.17) is 11.6 Å². The van der Waals surface area contributed by atoms with Gasteiger partial charge in [-0.05, 0) is 59.4 Å². The fourth-order valence-corrected chi connectivity index (χ4v) is 4.88. The molecule has 0 N–H and O–H groups in total. The number of hydrogen-bond donors (Lipinski definition) is 0. The fourth-order valence-electron chi connectivity index (χ4n) is 3.98. The molecule has 1 aromatic carbocycles. The second-order valence-corrected chi connectivity index (χ2v) is 9.07. The maximum atomic E-state index is 9.40. The molecule has 6 heteroatoms. The highest BCUT2D eigenvalue weighted by Crippen LogP contribution is 2.34. The molecule has 1 aliphatic rings. The van der Waals surface area contributed by atoms with E-state index in [9.17, 15) is 5.26 Å². The second-order valence-electron chi connectivity index (χ2n) is 7.47. The minimum absolute atomic E-state index is 0.194. The third kappa shape index (κ3) is 3.83. The molecule has 4 nitrogen and oxygen atoms in total. The maximum Gasteiger partial charge on any atom is 0.233 e. The lowest BCUT2D eigenvalue weighted by Crippen LogP contribution is -2.17. The summed E-state index contributed by atoms with van der Waals surface area (Å²) in [6.45, 7) is 3.31. The normalized spacial score (nSPS) is 19.9. The molecule has 0 radical (unpaired) electrons. The second kappa shape index (κ2) is 7.76. The Morgan fingerprint density at radius 3 is 2.74 bits per heavy atom. The molecule has 2 heterocycles. The molecule has 1 saturated carbocycles. The fraction of sp³-hybridized carbons (Fsp3) is 0.381. The molecule has 2 aromatic heterocycles. The monoisotopic (exact) mass is 490 g/mol. The molecule has 0 spiro atoms. The first kappa shape index (κ1) is 18.7. The predicted molar refractivity (Wildman–Crippen MR) is 117 cm³/mol. The van der Waals surface area contributed by atoms with Crippen molar-refractivity contribution in [1.29, 1.82) is 5.26 Å². The lowest BCUT2D eigenvalue weighted by Gasteiger charge is -2.26. The Balaban J connectivity index is 1.84. The van der Waals surface area contributed by atoms with E-state index in [1.165, 1.54) is 25.7 Å². The summed E-state index contributed by atoms with van der Waals surface area (Å²) in [5.74, 6) is 1.71. The third-order valence-electron chi connectivity index (χ3n) is 5.46. The first-order valence-corrected chi connectivity index (χ1v) is 10.7. The van der Waals surface area contributed by atoms with Crippen LogP contribution in [0.2, 0.25) is 5.02 Å². The molecule has 1 aliphatic carbocycles. The molecule has 0 aliphatic heterocycles. The van der Waals surface area contributed by atoms with Crippen LogP contribution in [-0.4, -0.2) is 14.5 Å². The van der Waals surface area contributed by atoms with Gasteiger partial charge in [-0.15, -0.1) is 0 Å². The summed E-state index contributed by atoms with van der Waals surface area (Å²) in [6.07, 6.45) is 7.28. The lowest BCUT2D eigenvalue weighted by molar-refractivity contribution is 0.267. The Morgan fingerprint density at radius 2 is 2.04 bits per heavy atom. The van der Waals surface area contributed by atoms with Gasteiger partial charge in [-0.25, -0.2) is 9.97 Å². The highest BCUT2D eigenvalue weighted by atomic mass is 127. The van der Waals surface area contributed by atoms with Gasteiger partial charge in [0, 0.05) is 23.3 Å². The van der Waals surface area contributed by atoms with Crippen LogP contribution in [0.4, 0.5) is 0 Å². The Labute approximate surface area is 177 Å². The minimum atomic E-state index is 0.194. The van der Waals surface area contributed by atoms with E-state index in [1.807, 2.05) is 24.3 Å². The molecule has 0 saturated heterocycles. The van der Waals surface area contributed by atoms with Crippen LogP contribution in [0.25, 0.3) is 22.3 Å². The molecule has 0 amide bonds. The van der Waals surface area contributed by atoms with Crippen molar-refractivity contribution in [2.24, 2.45) is 11.8 Å². The largest absolute Gasteiger partial charge is 0.343 e. The zero-order valence-electron chi connectivity index (χ0n) is 15.1. The van der Waals surface area contributed by atoms with Gasteiger partial charge in [-0.3, -0.25) is 0 Å². The van der Waals surface area contributed by atoms with Crippen molar-refractivity contribution in [3.8, 4) is 17.3 Å². The Kier molecular flexibility index (Phi) is 5.38. The molecule has 0 unspecified atom stereocenters. The predicted octanol–water partition coefficient (Wildman–Crippen LogP) is 6.05. The molecule has 1 fully saturated rings. The van der Waals surface area contributed by atoms with Crippen LogP contribution in [0.15, 0.2) is 30.5 Å². The van der Waals surface area contributed by atoms with Crippen molar-refractivity contribution >= 4 is 45.2 Å². The smallest absolute Gasteiger partial charge is 0.233 e. The van der Waals surface area contributed by atoms with Crippen molar-refractivity contribution < 1.29 is 0 Å². The van der Waals surface area contributed by atoms with Gasteiger partial charge in [0.05, 0.1) is 14.8 Å². The summed E-state index contributed by atoms with van der Waals surface area (Å²) in [6, 6.07) is 9.75. The molecule has 138 valence electrons. The quantitative estimate of drug-likeness (QED) is 0.420. The Bertz CT molecular complexity index is 1030. The van der Waals surface area contributed by atoms with E-state index in [0.717, 1.165) is 38.3 Å². The summed E-state index contributed by atoms with van der Waals surface area (Å²) < 4.78 is 3.34. The third-order valence-corrected chi connectivity index (χ3v) is 6.48. The van der Waals surface area contributed by atoms with Gasteiger partial charge in [-0.1, -0.05) is 43.5 Å². The first-order valence-electron chi connectivity index (χ1n) is 9.27. The topological polar surface area (TPSA) is 54.5 Å². The summed E-state index contributed by atoms with van der Waals surface area (Å²) in [5.41, 5.74) is 3.55. The number of hydrogen-bond acceptors (Lipinski definition) is 3. The standard InChI is InChI=1S/C21H20ClIN4/c1-13-5-7-14(8-6-13)11-27-12-17(23)20-21(27)19(25-18(10-24)26-20)15-3-2-4-16(22)9-15/h2-4,9,12-14H,5-8,11H2,1H3. The van der Waals surface area contributed by atoms with Gasteiger partial charge in [0.1, 0.15) is 11.6 Å². The van der Waals surface area contributed by atoms with Crippen molar-refractivity contribution in [3.63, 3.8) is 0 Å². The summed E-state index contributed by atoms with van der Waals surface area (Å²) >= 11 is 8.52. The number of nitriles is 1. The number of fused-ring (bicyclic) bond motifs is 1. The van der Waals surface area contributed by atoms with Gasteiger partial charge in [-0.2, -0.15) is 5.26 Å². The average Bonchev–Trinajstić information content (AvgIpc) is 2.98. The highest BCUT2D eigenvalue weighted by molar-refractivity contribution is 14.1. The van der Waals surface area contributed by atoms with E-state index in [2.05, 4.69) is 56.3 Å². The summed E-state index contributed by atoms with van der Waals surface area (Å²) in [4.78, 5) is 9.05. The zero-order valence-corrected chi connectivity index (χ0v) is 18.0. The molecule has 0 bridgehead atoms. The summed E-state index contributed by atoms with van der Waals surface area (Å²) in [7, 11) is 0. The van der Waals surface area contributed by atoms with Gasteiger partial charge in [0.15, 0.2) is 0 Å². The number of rotatable bonds is 3. The van der Waals surface area contributed by atoms with Crippen molar-refractivity contribution in [1.82, 2.24) is 14.5 Å². The van der Waals surface area contributed by atoms with Crippen LogP contribution in [-0.2, 0) is 6.54 Å². The molecule has 27 heavy (non-hydrogen) atoms. The number of aromatic nitrogens is 3. The van der Waals surface area contributed by atoms with Crippen LogP contribution >= 0.6 is 34.2 Å². The molecule has 3 aromatic rings. The molecular weight excluding hydrogens is 471 g/mol. The SMILES string of the molecule is CC1CCC(Cn2cc(I)c3nc(C#N)nc(-c4cccc(Cl)c4)c32)CC1. The zero-order chi connectivity index (χ0) is 19.0. The van der Waals surface area contributed by atoms with E-state index < -0.39 is 0 Å². The number of nitrogens with zero attached hydrogens (tertiary/aromatic N) is 4. The van der Waals surface area contributed by atoms with E-state index in [0.29, 0.717) is 10.9 Å². The van der Waals surface area contributed by atoms with Crippen LogP contribution < -0.4 is 0 Å².